The summed E-state index contributed by atoms with van der Waals surface area (Å²) in [6.07, 6.45) is 0.552. The lowest BCUT2D eigenvalue weighted by Crippen LogP contribution is -2.58. The van der Waals surface area contributed by atoms with Crippen molar-refractivity contribution in [3.8, 4) is 0 Å². The molecule has 1 saturated heterocycles. The number of hydrogen-bond donors (Lipinski definition) is 3. The molecule has 3 heterocycles. The summed E-state index contributed by atoms with van der Waals surface area (Å²) in [5.41, 5.74) is -1.53. The number of anilines is 1. The van der Waals surface area contributed by atoms with E-state index in [0.29, 0.717) is 49.7 Å². The van der Waals surface area contributed by atoms with Crippen molar-refractivity contribution in [2.24, 2.45) is 5.92 Å². The van der Waals surface area contributed by atoms with Crippen molar-refractivity contribution in [1.29, 1.82) is 0 Å². The monoisotopic (exact) mass is 789 g/mol. The summed E-state index contributed by atoms with van der Waals surface area (Å²) in [6, 6.07) is 6.58. The molecule has 5 atom stereocenters. The minimum Gasteiger partial charge on any atom is -0.444 e. The Bertz CT molecular complexity index is 2020. The summed E-state index contributed by atoms with van der Waals surface area (Å²) >= 11 is 0. The molecule has 4 amide bonds. The molecule has 0 aromatic heterocycles. The van der Waals surface area contributed by atoms with E-state index in [0.717, 1.165) is 12.1 Å². The highest BCUT2D eigenvalue weighted by atomic mass is 32.2. The molecule has 2 aromatic rings. The van der Waals surface area contributed by atoms with Crippen LogP contribution in [0.5, 0.6) is 0 Å². The van der Waals surface area contributed by atoms with E-state index in [1.807, 2.05) is 6.08 Å². The molecule has 5 aliphatic rings. The highest BCUT2D eigenvalue weighted by Crippen LogP contribution is 2.47. The second-order valence-electron chi connectivity index (χ2n) is 15.5. The number of nitrogens with zero attached hydrogens (tertiary/aromatic N) is 2. The molecule has 296 valence electrons. The molecular weight excluding hydrogens is 747 g/mol. The Kier molecular flexibility index (Phi) is 10.1. The van der Waals surface area contributed by atoms with Gasteiger partial charge in [0.15, 0.2) is 0 Å². The molecule has 2 aliphatic carbocycles. The van der Waals surface area contributed by atoms with Crippen LogP contribution in [0.1, 0.15) is 81.4 Å². The number of carbonyl (C=O) groups excluding carboxylic acids is 4. The van der Waals surface area contributed by atoms with Crippen LogP contribution in [-0.4, -0.2) is 77.1 Å². The van der Waals surface area contributed by atoms with Gasteiger partial charge in [-0.1, -0.05) is 43.2 Å². The third-order valence-electron chi connectivity index (χ3n) is 11.5. The predicted octanol–water partition coefficient (Wildman–Crippen LogP) is 5.14. The SMILES string of the molecule is CC1(S(=O)(=O)NC(=O)[C@@]23C[C@@H]2/C=C\CCCCC[C@H](Nc2cccc(C(F)(F)F)c2)C(=O)N2C[C@H](OC(=O)N4Cc5cccc(F)c5C4)C[C@H]2C(=O)N3)CC1. The maximum atomic E-state index is 14.5. The van der Waals surface area contributed by atoms with E-state index in [4.69, 9.17) is 4.74 Å². The first-order chi connectivity index (χ1) is 26.0. The van der Waals surface area contributed by atoms with Gasteiger partial charge in [-0.2, -0.15) is 13.2 Å². The van der Waals surface area contributed by atoms with Gasteiger partial charge < -0.3 is 20.3 Å². The molecule has 0 unspecified atom stereocenters. The maximum absolute atomic E-state index is 14.5. The number of ether oxygens (including phenoxy) is 1. The first kappa shape index (κ1) is 38.6. The number of carbonyl (C=O) groups is 4. The summed E-state index contributed by atoms with van der Waals surface area (Å²) in [4.78, 5) is 58.4. The van der Waals surface area contributed by atoms with E-state index in [9.17, 15) is 45.2 Å². The number of sulfonamides is 1. The smallest absolute Gasteiger partial charge is 0.416 e. The van der Waals surface area contributed by atoms with Crippen molar-refractivity contribution >= 4 is 39.5 Å². The normalized spacial score (nSPS) is 28.4. The lowest BCUT2D eigenvalue weighted by molar-refractivity contribution is -0.140. The molecule has 2 aromatic carbocycles. The molecular formula is C38H43F4N5O7S. The number of allylic oxidation sites excluding steroid dienone is 1. The Morgan fingerprint density at radius 1 is 1.04 bits per heavy atom. The Balaban J connectivity index is 1.16. The number of benzene rings is 2. The first-order valence-electron chi connectivity index (χ1n) is 18.5. The van der Waals surface area contributed by atoms with E-state index in [2.05, 4.69) is 15.4 Å². The van der Waals surface area contributed by atoms with Crippen molar-refractivity contribution in [3.05, 3.63) is 77.1 Å². The van der Waals surface area contributed by atoms with E-state index in [1.165, 1.54) is 41.0 Å². The Morgan fingerprint density at radius 3 is 2.53 bits per heavy atom. The number of hydrogen-bond acceptors (Lipinski definition) is 8. The summed E-state index contributed by atoms with van der Waals surface area (Å²) in [6.45, 7) is 1.32. The van der Waals surface area contributed by atoms with Crippen LogP contribution in [0.4, 0.5) is 28.0 Å². The quantitative estimate of drug-likeness (QED) is 0.269. The third kappa shape index (κ3) is 7.89. The summed E-state index contributed by atoms with van der Waals surface area (Å²) in [7, 11) is -4.06. The fourth-order valence-corrected chi connectivity index (χ4v) is 8.97. The largest absolute Gasteiger partial charge is 0.444 e. The average Bonchev–Trinajstić information content (AvgIpc) is 3.92. The number of amides is 4. The molecule has 12 nitrogen and oxygen atoms in total. The summed E-state index contributed by atoms with van der Waals surface area (Å²) < 4.78 is 88.3. The average molecular weight is 790 g/mol. The van der Waals surface area contributed by atoms with Crippen molar-refractivity contribution in [3.63, 3.8) is 0 Å². The van der Waals surface area contributed by atoms with Crippen molar-refractivity contribution in [1.82, 2.24) is 19.8 Å². The first-order valence-corrected chi connectivity index (χ1v) is 20.0. The highest BCUT2D eigenvalue weighted by Gasteiger charge is 2.63. The molecule has 55 heavy (non-hydrogen) atoms. The second-order valence-corrected chi connectivity index (χ2v) is 17.7. The summed E-state index contributed by atoms with van der Waals surface area (Å²) in [5, 5.41) is 5.71. The second kappa shape index (κ2) is 14.4. The number of halogens is 4. The van der Waals surface area contributed by atoms with Gasteiger partial charge in [-0.25, -0.2) is 17.6 Å². The number of alkyl halides is 3. The zero-order valence-electron chi connectivity index (χ0n) is 30.2. The molecule has 0 bridgehead atoms. The molecule has 0 spiro atoms. The van der Waals surface area contributed by atoms with E-state index in [1.54, 1.807) is 12.1 Å². The lowest BCUT2D eigenvalue weighted by Gasteiger charge is -2.30. The van der Waals surface area contributed by atoms with Crippen LogP contribution in [-0.2, 0) is 48.4 Å². The van der Waals surface area contributed by atoms with Gasteiger partial charge in [-0.3, -0.25) is 24.0 Å². The Hall–Kier alpha value is -4.67. The van der Waals surface area contributed by atoms with Gasteiger partial charge in [0.1, 0.15) is 29.5 Å². The van der Waals surface area contributed by atoms with Crippen LogP contribution in [0, 0.1) is 11.7 Å². The van der Waals surface area contributed by atoms with Crippen molar-refractivity contribution in [2.75, 3.05) is 11.9 Å². The topological polar surface area (TPSA) is 154 Å². The molecule has 0 radical (unpaired) electrons. The molecule has 7 rings (SSSR count). The van der Waals surface area contributed by atoms with Gasteiger partial charge in [0, 0.05) is 30.1 Å². The zero-order chi connectivity index (χ0) is 39.3. The lowest BCUT2D eigenvalue weighted by atomic mass is 10.0. The van der Waals surface area contributed by atoms with Crippen LogP contribution in [0.25, 0.3) is 0 Å². The molecule has 17 heteroatoms. The fraction of sp³-hybridized carbons (Fsp3) is 0.526. The van der Waals surface area contributed by atoms with Gasteiger partial charge in [0.05, 0.1) is 23.4 Å². The number of nitrogens with one attached hydrogen (secondary N) is 3. The van der Waals surface area contributed by atoms with Gasteiger partial charge in [-0.15, -0.1) is 0 Å². The Labute approximate surface area is 316 Å². The Morgan fingerprint density at radius 2 is 1.80 bits per heavy atom. The molecule has 3 fully saturated rings. The third-order valence-corrected chi connectivity index (χ3v) is 13.6. The number of rotatable bonds is 6. The molecule has 2 saturated carbocycles. The van der Waals surface area contributed by atoms with Gasteiger partial charge in [-0.05, 0) is 75.3 Å². The van der Waals surface area contributed by atoms with Crippen LogP contribution in [0.15, 0.2) is 54.6 Å². The summed E-state index contributed by atoms with van der Waals surface area (Å²) in [5.74, 6) is -3.30. The van der Waals surface area contributed by atoms with Gasteiger partial charge >= 0.3 is 12.3 Å². The minimum atomic E-state index is -4.63. The van der Waals surface area contributed by atoms with E-state index < -0.39 is 85.8 Å². The van der Waals surface area contributed by atoms with Crippen molar-refractivity contribution < 1.29 is 49.9 Å². The van der Waals surface area contributed by atoms with Crippen molar-refractivity contribution in [2.45, 2.75) is 112 Å². The highest BCUT2D eigenvalue weighted by molar-refractivity contribution is 7.91. The van der Waals surface area contributed by atoms with Gasteiger partial charge in [0.2, 0.25) is 21.8 Å². The van der Waals surface area contributed by atoms with Crippen LogP contribution in [0.2, 0.25) is 0 Å². The van der Waals surface area contributed by atoms with E-state index >= 15 is 0 Å². The minimum absolute atomic E-state index is 0.0417. The molecule has 3 N–H and O–H groups in total. The maximum Gasteiger partial charge on any atom is 0.416 e. The standard InChI is InChI=1S/C38H43F4N5O7S/c1-36(15-16-36)55(52,53)45-34(50)37-19-25(37)10-5-3-2-4-6-14-30(43-26-12-8-11-24(17-26)38(40,41)42)33(49)47-21-27(18-31(47)32(48)44-37)54-35(51)46-20-23-9-7-13-29(39)28(23)22-46/h5,7-13,17,25,27,30-31,43H,2-4,6,14-16,18-22H2,1H3,(H,44,48)(H,45,50)/b10-5-/t25-,27+,30-,31-,37+/m0/s1. The fourth-order valence-electron chi connectivity index (χ4n) is 7.66. The van der Waals surface area contributed by atoms with Crippen LogP contribution < -0.4 is 15.4 Å². The van der Waals surface area contributed by atoms with Crippen LogP contribution in [0.3, 0.4) is 0 Å². The zero-order valence-corrected chi connectivity index (χ0v) is 31.0. The van der Waals surface area contributed by atoms with E-state index in [-0.39, 0.29) is 44.6 Å². The van der Waals surface area contributed by atoms with Gasteiger partial charge in [0.25, 0.3) is 5.91 Å². The predicted molar refractivity (Wildman–Crippen MR) is 191 cm³/mol. The van der Waals surface area contributed by atoms with Crippen LogP contribution >= 0.6 is 0 Å². The number of fused-ring (bicyclic) bond motifs is 3. The molecule has 3 aliphatic heterocycles.